The third-order valence-corrected chi connectivity index (χ3v) is 4.50. The highest BCUT2D eigenvalue weighted by atomic mass is 32.1. The van der Waals surface area contributed by atoms with Crippen LogP contribution >= 0.6 is 11.3 Å². The highest BCUT2D eigenvalue weighted by Gasteiger charge is 2.28. The number of nitro groups is 1. The van der Waals surface area contributed by atoms with Gasteiger partial charge in [0, 0.05) is 18.7 Å². The predicted octanol–water partition coefficient (Wildman–Crippen LogP) is 3.87. The van der Waals surface area contributed by atoms with Crippen molar-refractivity contribution in [3.63, 3.8) is 0 Å². The smallest absolute Gasteiger partial charge is 0.270 e. The van der Waals surface area contributed by atoms with Crippen LogP contribution in [0.25, 0.3) is 0 Å². The Morgan fingerprint density at radius 2 is 2.29 bits per heavy atom. The molecule has 1 aromatic heterocycles. The van der Waals surface area contributed by atoms with Crippen molar-refractivity contribution in [1.29, 1.82) is 5.26 Å². The van der Waals surface area contributed by atoms with Crippen molar-refractivity contribution in [2.24, 2.45) is 0 Å². The number of rotatable bonds is 3. The maximum Gasteiger partial charge on any atom is 0.270 e. The summed E-state index contributed by atoms with van der Waals surface area (Å²) in [7, 11) is 0. The first-order valence-electron chi connectivity index (χ1n) is 6.68. The Hall–Kier alpha value is -2.39. The first-order chi connectivity index (χ1) is 10.2. The van der Waals surface area contributed by atoms with Gasteiger partial charge in [-0.15, -0.1) is 0 Å². The van der Waals surface area contributed by atoms with Gasteiger partial charge in [0.2, 0.25) is 0 Å². The molecule has 21 heavy (non-hydrogen) atoms. The summed E-state index contributed by atoms with van der Waals surface area (Å²) in [6.45, 7) is 0.868. The molecule has 0 radical (unpaired) electrons. The maximum absolute atomic E-state index is 10.8. The summed E-state index contributed by atoms with van der Waals surface area (Å²) in [6.07, 6.45) is 2.10. The molecule has 1 aliphatic rings. The number of nitrogens with zero attached hydrogens (tertiary/aromatic N) is 3. The van der Waals surface area contributed by atoms with E-state index in [1.165, 1.54) is 17.7 Å². The van der Waals surface area contributed by atoms with Gasteiger partial charge < -0.3 is 4.90 Å². The van der Waals surface area contributed by atoms with Crippen LogP contribution in [0.2, 0.25) is 0 Å². The summed E-state index contributed by atoms with van der Waals surface area (Å²) in [6, 6.07) is 8.97. The van der Waals surface area contributed by atoms with Gasteiger partial charge >= 0.3 is 0 Å². The second kappa shape index (κ2) is 5.54. The van der Waals surface area contributed by atoms with E-state index in [9.17, 15) is 15.4 Å². The molecular formula is C15H13N3O2S. The van der Waals surface area contributed by atoms with Crippen LogP contribution in [0.1, 0.15) is 30.0 Å². The maximum atomic E-state index is 10.8. The van der Waals surface area contributed by atoms with Crippen LogP contribution in [0.3, 0.4) is 0 Å². The Morgan fingerprint density at radius 1 is 1.43 bits per heavy atom. The molecule has 1 atom stereocenters. The average Bonchev–Trinajstić information content (AvgIpc) is 3.16. The number of thiophene rings is 1. The molecule has 0 aliphatic carbocycles. The normalized spacial score (nSPS) is 17.7. The van der Waals surface area contributed by atoms with Crippen molar-refractivity contribution < 1.29 is 4.92 Å². The fourth-order valence-electron chi connectivity index (χ4n) is 2.84. The van der Waals surface area contributed by atoms with E-state index in [1.54, 1.807) is 17.4 Å². The average molecular weight is 299 g/mol. The van der Waals surface area contributed by atoms with Crippen molar-refractivity contribution >= 4 is 22.7 Å². The second-order valence-corrected chi connectivity index (χ2v) is 5.76. The Kier molecular flexibility index (Phi) is 3.59. The van der Waals surface area contributed by atoms with Gasteiger partial charge in [0.25, 0.3) is 5.69 Å². The van der Waals surface area contributed by atoms with Crippen molar-refractivity contribution in [2.75, 3.05) is 11.4 Å². The molecule has 1 unspecified atom stereocenters. The van der Waals surface area contributed by atoms with Gasteiger partial charge in [-0.2, -0.15) is 16.6 Å². The number of nitro benzene ring substituents is 1. The summed E-state index contributed by atoms with van der Waals surface area (Å²) >= 11 is 1.66. The molecule has 2 heterocycles. The molecule has 6 heteroatoms. The number of benzene rings is 1. The Balaban J connectivity index is 2.00. The Bertz CT molecular complexity index is 706. The van der Waals surface area contributed by atoms with Gasteiger partial charge in [0.05, 0.1) is 22.2 Å². The minimum atomic E-state index is -0.467. The minimum absolute atomic E-state index is 0.0402. The predicted molar refractivity (Wildman–Crippen MR) is 81.5 cm³/mol. The highest BCUT2D eigenvalue weighted by molar-refractivity contribution is 7.08. The van der Waals surface area contributed by atoms with Crippen LogP contribution in [-0.2, 0) is 0 Å². The molecule has 1 saturated heterocycles. The van der Waals surface area contributed by atoms with Crippen LogP contribution < -0.4 is 4.90 Å². The van der Waals surface area contributed by atoms with Crippen molar-refractivity contribution in [3.05, 3.63) is 56.3 Å². The monoisotopic (exact) mass is 299 g/mol. The first kappa shape index (κ1) is 13.6. The SMILES string of the molecule is N#Cc1cc([N+](=O)[O-])ccc1N1CCCC1c1ccsc1. The van der Waals surface area contributed by atoms with Crippen LogP contribution in [0.5, 0.6) is 0 Å². The molecule has 2 aromatic rings. The lowest BCUT2D eigenvalue weighted by Crippen LogP contribution is -2.23. The van der Waals surface area contributed by atoms with Crippen LogP contribution in [0, 0.1) is 21.4 Å². The fraction of sp³-hybridized carbons (Fsp3) is 0.267. The molecule has 0 N–H and O–H groups in total. The van der Waals surface area contributed by atoms with Gasteiger partial charge in [-0.1, -0.05) is 0 Å². The largest absolute Gasteiger partial charge is 0.363 e. The van der Waals surface area contributed by atoms with Crippen LogP contribution in [0.15, 0.2) is 35.0 Å². The molecule has 0 spiro atoms. The molecule has 1 aliphatic heterocycles. The van der Waals surface area contributed by atoms with Gasteiger partial charge in [-0.3, -0.25) is 10.1 Å². The summed E-state index contributed by atoms with van der Waals surface area (Å²) in [5.41, 5.74) is 2.37. The van der Waals surface area contributed by atoms with Crippen LogP contribution in [0.4, 0.5) is 11.4 Å². The van der Waals surface area contributed by atoms with Gasteiger partial charge in [0.15, 0.2) is 0 Å². The fourth-order valence-corrected chi connectivity index (χ4v) is 3.55. The molecule has 106 valence electrons. The van der Waals surface area contributed by atoms with E-state index >= 15 is 0 Å². The van der Waals surface area contributed by atoms with Crippen molar-refractivity contribution in [1.82, 2.24) is 0 Å². The summed E-state index contributed by atoms with van der Waals surface area (Å²) in [4.78, 5) is 12.6. The van der Waals surface area contributed by atoms with E-state index in [1.807, 2.05) is 5.38 Å². The molecule has 0 saturated carbocycles. The number of anilines is 1. The lowest BCUT2D eigenvalue weighted by molar-refractivity contribution is -0.384. The number of nitriles is 1. The van der Waals surface area contributed by atoms with E-state index in [2.05, 4.69) is 22.4 Å². The second-order valence-electron chi connectivity index (χ2n) is 4.98. The zero-order valence-corrected chi connectivity index (χ0v) is 12.0. The highest BCUT2D eigenvalue weighted by Crippen LogP contribution is 2.39. The number of non-ortho nitro benzene ring substituents is 1. The van der Waals surface area contributed by atoms with Gasteiger partial charge in [-0.25, -0.2) is 0 Å². The van der Waals surface area contributed by atoms with Gasteiger partial charge in [0.1, 0.15) is 6.07 Å². The molecule has 0 amide bonds. The standard InChI is InChI=1S/C15H13N3O2S/c16-9-12-8-13(18(19)20)3-4-15(12)17-6-1-2-14(17)11-5-7-21-10-11/h3-5,7-8,10,14H,1-2,6H2. The van der Waals surface area contributed by atoms with Crippen LogP contribution in [-0.4, -0.2) is 11.5 Å². The Labute approximate surface area is 126 Å². The number of hydrogen-bond acceptors (Lipinski definition) is 5. The summed E-state index contributed by atoms with van der Waals surface area (Å²) < 4.78 is 0. The van der Waals surface area contributed by atoms with Crippen molar-refractivity contribution in [3.8, 4) is 6.07 Å². The lowest BCUT2D eigenvalue weighted by Gasteiger charge is -2.27. The summed E-state index contributed by atoms with van der Waals surface area (Å²) in [5, 5.41) is 24.3. The quantitative estimate of drug-likeness (QED) is 0.637. The molecule has 0 bridgehead atoms. The number of hydrogen-bond donors (Lipinski definition) is 0. The van der Waals surface area contributed by atoms with Gasteiger partial charge in [-0.05, 0) is 41.3 Å². The molecular weight excluding hydrogens is 286 g/mol. The first-order valence-corrected chi connectivity index (χ1v) is 7.62. The zero-order chi connectivity index (χ0) is 14.8. The minimum Gasteiger partial charge on any atom is -0.363 e. The topological polar surface area (TPSA) is 70.2 Å². The molecule has 1 fully saturated rings. The lowest BCUT2D eigenvalue weighted by atomic mass is 10.1. The molecule has 5 nitrogen and oxygen atoms in total. The van der Waals surface area contributed by atoms with Crippen molar-refractivity contribution in [2.45, 2.75) is 18.9 Å². The third kappa shape index (κ3) is 2.48. The zero-order valence-electron chi connectivity index (χ0n) is 11.2. The van der Waals surface area contributed by atoms with E-state index in [0.29, 0.717) is 5.56 Å². The molecule has 3 rings (SSSR count). The van der Waals surface area contributed by atoms with E-state index in [0.717, 1.165) is 25.1 Å². The van der Waals surface area contributed by atoms with E-state index in [-0.39, 0.29) is 11.7 Å². The molecule has 1 aromatic carbocycles. The third-order valence-electron chi connectivity index (χ3n) is 3.80. The van der Waals surface area contributed by atoms with E-state index in [4.69, 9.17) is 0 Å². The van der Waals surface area contributed by atoms with E-state index < -0.39 is 4.92 Å². The Morgan fingerprint density at radius 3 is 2.95 bits per heavy atom. The summed E-state index contributed by atoms with van der Waals surface area (Å²) in [5.74, 6) is 0.